The summed E-state index contributed by atoms with van der Waals surface area (Å²) in [6, 6.07) is 8.08. The highest BCUT2D eigenvalue weighted by atomic mass is 16.4. The van der Waals surface area contributed by atoms with Gasteiger partial charge in [0.15, 0.2) is 0 Å². The first-order valence-corrected chi connectivity index (χ1v) is 6.54. The number of carboxylic acids is 1. The Labute approximate surface area is 102 Å². The number of fused-ring (bicyclic) bond motifs is 1. The van der Waals surface area contributed by atoms with Crippen LogP contribution >= 0.6 is 0 Å². The zero-order chi connectivity index (χ0) is 11.9. The van der Waals surface area contributed by atoms with Gasteiger partial charge >= 0.3 is 5.97 Å². The van der Waals surface area contributed by atoms with E-state index in [2.05, 4.69) is 6.07 Å². The van der Waals surface area contributed by atoms with Gasteiger partial charge in [-0.1, -0.05) is 37.1 Å². The van der Waals surface area contributed by atoms with Gasteiger partial charge < -0.3 is 5.11 Å². The Balaban J connectivity index is 1.92. The van der Waals surface area contributed by atoms with Crippen molar-refractivity contribution in [1.82, 2.24) is 0 Å². The molecule has 0 bridgehead atoms. The number of rotatable bonds is 4. The Bertz CT molecular complexity index is 448. The molecule has 2 aliphatic carbocycles. The topological polar surface area (TPSA) is 37.3 Å². The molecule has 1 aromatic rings. The van der Waals surface area contributed by atoms with Crippen LogP contribution < -0.4 is 0 Å². The van der Waals surface area contributed by atoms with Crippen molar-refractivity contribution >= 4 is 5.97 Å². The molecule has 0 heterocycles. The number of benzene rings is 1. The lowest BCUT2D eigenvalue weighted by atomic mass is 9.77. The minimum absolute atomic E-state index is 0.584. The van der Waals surface area contributed by atoms with Gasteiger partial charge in [0, 0.05) is 0 Å². The molecule has 1 saturated carbocycles. The number of carbonyl (C=O) groups is 1. The number of aliphatic carboxylic acids is 1. The van der Waals surface area contributed by atoms with Gasteiger partial charge in [0.05, 0.1) is 5.41 Å². The summed E-state index contributed by atoms with van der Waals surface area (Å²) in [6.45, 7) is 0. The molecular weight excluding hydrogens is 212 g/mol. The van der Waals surface area contributed by atoms with E-state index in [0.717, 1.165) is 37.2 Å². The second-order valence-corrected chi connectivity index (χ2v) is 5.53. The standard InChI is InChI=1S/C15H18O2/c16-14(17)15(9-7-11-5-6-11)10-8-12-3-1-2-4-13(12)15/h1-4,11H,5-10H2,(H,16,17). The molecule has 17 heavy (non-hydrogen) atoms. The fraction of sp³-hybridized carbons (Fsp3) is 0.533. The zero-order valence-corrected chi connectivity index (χ0v) is 9.98. The maximum atomic E-state index is 11.7. The number of hydrogen-bond acceptors (Lipinski definition) is 1. The van der Waals surface area contributed by atoms with Crippen molar-refractivity contribution in [1.29, 1.82) is 0 Å². The van der Waals surface area contributed by atoms with E-state index < -0.39 is 11.4 Å². The molecule has 0 aromatic heterocycles. The lowest BCUT2D eigenvalue weighted by Crippen LogP contribution is -2.33. The molecule has 2 aliphatic rings. The molecule has 2 heteroatoms. The van der Waals surface area contributed by atoms with Crippen molar-refractivity contribution in [3.05, 3.63) is 35.4 Å². The van der Waals surface area contributed by atoms with Gasteiger partial charge in [-0.15, -0.1) is 0 Å². The summed E-state index contributed by atoms with van der Waals surface area (Å²) >= 11 is 0. The summed E-state index contributed by atoms with van der Waals surface area (Å²) in [5.74, 6) is 0.182. The van der Waals surface area contributed by atoms with Crippen molar-refractivity contribution < 1.29 is 9.90 Å². The molecule has 1 unspecified atom stereocenters. The summed E-state index contributed by atoms with van der Waals surface area (Å²) in [5, 5.41) is 9.64. The fourth-order valence-electron chi connectivity index (χ4n) is 3.13. The van der Waals surface area contributed by atoms with Crippen molar-refractivity contribution in [2.75, 3.05) is 0 Å². The number of hydrogen-bond donors (Lipinski definition) is 1. The van der Waals surface area contributed by atoms with E-state index in [1.807, 2.05) is 18.2 Å². The summed E-state index contributed by atoms with van der Waals surface area (Å²) in [7, 11) is 0. The molecule has 0 aliphatic heterocycles. The van der Waals surface area contributed by atoms with Gasteiger partial charge in [0.1, 0.15) is 0 Å². The summed E-state index contributed by atoms with van der Waals surface area (Å²) in [4.78, 5) is 11.7. The van der Waals surface area contributed by atoms with Crippen LogP contribution in [0.2, 0.25) is 0 Å². The third kappa shape index (κ3) is 1.76. The quantitative estimate of drug-likeness (QED) is 0.862. The summed E-state index contributed by atoms with van der Waals surface area (Å²) in [6.07, 6.45) is 6.22. The molecule has 0 spiro atoms. The second-order valence-electron chi connectivity index (χ2n) is 5.53. The molecule has 2 nitrogen and oxygen atoms in total. The molecule has 90 valence electrons. The van der Waals surface area contributed by atoms with Gasteiger partial charge in [-0.3, -0.25) is 4.79 Å². The summed E-state index contributed by atoms with van der Waals surface area (Å²) in [5.41, 5.74) is 1.73. The molecular formula is C15H18O2. The highest BCUT2D eigenvalue weighted by molar-refractivity contribution is 5.83. The van der Waals surface area contributed by atoms with Crippen molar-refractivity contribution in [3.63, 3.8) is 0 Å². The van der Waals surface area contributed by atoms with E-state index in [-0.39, 0.29) is 0 Å². The molecule has 0 saturated heterocycles. The normalized spacial score (nSPS) is 26.8. The second kappa shape index (κ2) is 3.86. The lowest BCUT2D eigenvalue weighted by molar-refractivity contribution is -0.144. The number of aryl methyl sites for hydroxylation is 1. The van der Waals surface area contributed by atoms with E-state index in [1.54, 1.807) is 0 Å². The van der Waals surface area contributed by atoms with E-state index >= 15 is 0 Å². The third-order valence-corrected chi connectivity index (χ3v) is 4.44. The Hall–Kier alpha value is -1.31. The van der Waals surface area contributed by atoms with Gasteiger partial charge in [-0.05, 0) is 42.7 Å². The van der Waals surface area contributed by atoms with E-state index in [1.165, 1.54) is 18.4 Å². The Morgan fingerprint density at radius 3 is 2.82 bits per heavy atom. The maximum Gasteiger partial charge on any atom is 0.314 e. The van der Waals surface area contributed by atoms with Crippen molar-refractivity contribution in [2.45, 2.75) is 43.9 Å². The monoisotopic (exact) mass is 230 g/mol. The Morgan fingerprint density at radius 2 is 2.12 bits per heavy atom. The van der Waals surface area contributed by atoms with Gasteiger partial charge in [0.2, 0.25) is 0 Å². The van der Waals surface area contributed by atoms with Crippen LogP contribution in [0.1, 0.15) is 43.2 Å². The van der Waals surface area contributed by atoms with Crippen LogP contribution in [0.3, 0.4) is 0 Å². The summed E-state index contributed by atoms with van der Waals surface area (Å²) < 4.78 is 0. The van der Waals surface area contributed by atoms with Gasteiger partial charge in [0.25, 0.3) is 0 Å². The van der Waals surface area contributed by atoms with E-state index in [0.29, 0.717) is 0 Å². The highest BCUT2D eigenvalue weighted by Crippen LogP contribution is 2.45. The van der Waals surface area contributed by atoms with Crippen LogP contribution in [0, 0.1) is 5.92 Å². The lowest BCUT2D eigenvalue weighted by Gasteiger charge is -2.25. The van der Waals surface area contributed by atoms with Crippen LogP contribution in [0.4, 0.5) is 0 Å². The average Bonchev–Trinajstić information content (AvgIpc) is 3.08. The molecule has 0 radical (unpaired) electrons. The largest absolute Gasteiger partial charge is 0.481 e. The first-order chi connectivity index (χ1) is 8.22. The first kappa shape index (κ1) is 10.8. The molecule has 0 amide bonds. The van der Waals surface area contributed by atoms with E-state index in [4.69, 9.17) is 0 Å². The van der Waals surface area contributed by atoms with Crippen LogP contribution in [-0.4, -0.2) is 11.1 Å². The molecule has 1 fully saturated rings. The first-order valence-electron chi connectivity index (χ1n) is 6.54. The molecule has 3 rings (SSSR count). The minimum atomic E-state index is -0.622. The Morgan fingerprint density at radius 1 is 1.35 bits per heavy atom. The predicted octanol–water partition coefficient (Wildman–Crippen LogP) is 3.15. The van der Waals surface area contributed by atoms with Crippen LogP contribution in [0.15, 0.2) is 24.3 Å². The molecule has 1 atom stereocenters. The molecule has 1 N–H and O–H groups in total. The van der Waals surface area contributed by atoms with Crippen molar-refractivity contribution in [3.8, 4) is 0 Å². The van der Waals surface area contributed by atoms with Gasteiger partial charge in [-0.25, -0.2) is 0 Å². The fourth-order valence-corrected chi connectivity index (χ4v) is 3.13. The Kier molecular flexibility index (Phi) is 2.46. The minimum Gasteiger partial charge on any atom is -0.481 e. The van der Waals surface area contributed by atoms with Gasteiger partial charge in [-0.2, -0.15) is 0 Å². The van der Waals surface area contributed by atoms with Crippen LogP contribution in [0.5, 0.6) is 0 Å². The smallest absolute Gasteiger partial charge is 0.314 e. The maximum absolute atomic E-state index is 11.7. The van der Waals surface area contributed by atoms with Crippen LogP contribution in [-0.2, 0) is 16.6 Å². The van der Waals surface area contributed by atoms with Crippen LogP contribution in [0.25, 0.3) is 0 Å². The molecule has 1 aromatic carbocycles. The van der Waals surface area contributed by atoms with Crippen molar-refractivity contribution in [2.24, 2.45) is 5.92 Å². The predicted molar refractivity (Wildman–Crippen MR) is 66.0 cm³/mol. The third-order valence-electron chi connectivity index (χ3n) is 4.44. The van der Waals surface area contributed by atoms with E-state index in [9.17, 15) is 9.90 Å². The average molecular weight is 230 g/mol. The highest BCUT2D eigenvalue weighted by Gasteiger charge is 2.45. The zero-order valence-electron chi connectivity index (χ0n) is 9.98. The SMILES string of the molecule is O=C(O)C1(CCC2CC2)CCc2ccccc21. The number of carboxylic acid groups (broad SMARTS) is 1.